The number of aliphatic carboxylic acids is 1. The summed E-state index contributed by atoms with van der Waals surface area (Å²) in [6.07, 6.45) is 1.30. The summed E-state index contributed by atoms with van der Waals surface area (Å²) in [7, 11) is 1.59. The molecule has 0 amide bonds. The van der Waals surface area contributed by atoms with Crippen molar-refractivity contribution in [3.63, 3.8) is 0 Å². The third kappa shape index (κ3) is 12.6. The second-order valence-corrected chi connectivity index (χ2v) is 8.10. The monoisotopic (exact) mass is 554 g/mol. The van der Waals surface area contributed by atoms with E-state index >= 15 is 0 Å². The molecule has 8 N–H and O–H groups in total. The fourth-order valence-electron chi connectivity index (χ4n) is 2.88. The van der Waals surface area contributed by atoms with Crippen LogP contribution in [0, 0.1) is 0 Å². The molecule has 11 nitrogen and oxygen atoms in total. The Balaban J connectivity index is 0.000000311. The molecule has 0 fully saturated rings. The van der Waals surface area contributed by atoms with Crippen molar-refractivity contribution >= 4 is 35.4 Å². The number of carboxylic acids is 2. The number of benzene rings is 3. The molecule has 214 valence electrons. The third-order valence-corrected chi connectivity index (χ3v) is 5.12. The Morgan fingerprint density at radius 1 is 0.850 bits per heavy atom. The van der Waals surface area contributed by atoms with Gasteiger partial charge in [-0.25, -0.2) is 14.4 Å². The van der Waals surface area contributed by atoms with Crippen LogP contribution in [0.2, 0.25) is 0 Å². The zero-order valence-electron chi connectivity index (χ0n) is 22.1. The van der Waals surface area contributed by atoms with Crippen molar-refractivity contribution in [2.75, 3.05) is 25.2 Å². The molecule has 0 aliphatic heterocycles. The van der Waals surface area contributed by atoms with E-state index in [1.807, 2.05) is 0 Å². The number of aliphatic hydroxyl groups excluding tert-OH is 2. The van der Waals surface area contributed by atoms with E-state index in [2.05, 4.69) is 0 Å². The number of carbonyl (C=O) groups is 3. The number of hydrogen-bond acceptors (Lipinski definition) is 9. The highest BCUT2D eigenvalue weighted by molar-refractivity contribution is 5.90. The zero-order valence-corrected chi connectivity index (χ0v) is 22.1. The fraction of sp³-hybridized carbons (Fsp3) is 0.207. The van der Waals surface area contributed by atoms with E-state index < -0.39 is 36.7 Å². The van der Waals surface area contributed by atoms with Crippen LogP contribution in [0.1, 0.15) is 39.6 Å². The second-order valence-electron chi connectivity index (χ2n) is 8.10. The minimum absolute atomic E-state index is 0.259. The Kier molecular flexibility index (Phi) is 14.6. The van der Waals surface area contributed by atoms with E-state index in [1.54, 1.807) is 74.7 Å². The standard InChI is InChI=1S/C12H17NO4.C10H10O3.C7H7NO2/c1-2-11(10(15)7-14)17-12(16)8-3-5-9(13)6-4-8;1-13-9-5-2-8(3-6-9)4-7-10(11)12;8-6-3-1-5(2-4-6)7(9)10/h3-6,10-11,14-15H,2,7,13H2,1H3;2-7H,1H3,(H,11,12);1-4H,8H2,(H,9,10). The van der Waals surface area contributed by atoms with Gasteiger partial charge in [0.05, 0.1) is 24.8 Å². The number of rotatable bonds is 9. The molecular weight excluding hydrogens is 520 g/mol. The molecule has 2 atom stereocenters. The van der Waals surface area contributed by atoms with Gasteiger partial charge in [-0.2, -0.15) is 0 Å². The Labute approximate surface area is 231 Å². The van der Waals surface area contributed by atoms with Gasteiger partial charge in [-0.15, -0.1) is 0 Å². The van der Waals surface area contributed by atoms with Gasteiger partial charge in [0.1, 0.15) is 18.0 Å². The molecule has 2 unspecified atom stereocenters. The minimum atomic E-state index is -1.06. The SMILES string of the molecule is CCC(OC(=O)c1ccc(N)cc1)C(O)CO.COc1ccc(C=CC(=O)O)cc1.Nc1ccc(C(=O)O)cc1. The van der Waals surface area contributed by atoms with Gasteiger partial charge in [-0.05, 0) is 78.7 Å². The normalized spacial score (nSPS) is 11.6. The number of carbonyl (C=O) groups excluding carboxylic acids is 1. The van der Waals surface area contributed by atoms with Crippen LogP contribution in [0.25, 0.3) is 6.08 Å². The first-order chi connectivity index (χ1) is 19.0. The molecule has 0 radical (unpaired) electrons. The van der Waals surface area contributed by atoms with Crippen LogP contribution >= 0.6 is 0 Å². The van der Waals surface area contributed by atoms with Crippen molar-refractivity contribution in [1.82, 2.24) is 0 Å². The van der Waals surface area contributed by atoms with Gasteiger partial charge in [-0.3, -0.25) is 0 Å². The van der Waals surface area contributed by atoms with E-state index in [0.717, 1.165) is 17.4 Å². The highest BCUT2D eigenvalue weighted by Crippen LogP contribution is 2.13. The van der Waals surface area contributed by atoms with Gasteiger partial charge < -0.3 is 41.4 Å². The first kappa shape index (κ1) is 33.2. The zero-order chi connectivity index (χ0) is 30.1. The number of nitrogens with two attached hydrogens (primary N) is 2. The summed E-state index contributed by atoms with van der Waals surface area (Å²) in [5.41, 5.74) is 13.4. The molecule has 3 aromatic carbocycles. The smallest absolute Gasteiger partial charge is 0.338 e. The van der Waals surface area contributed by atoms with Crippen molar-refractivity contribution in [3.05, 3.63) is 95.6 Å². The molecule has 3 aromatic rings. The summed E-state index contributed by atoms with van der Waals surface area (Å²) >= 11 is 0. The Morgan fingerprint density at radius 2 is 1.35 bits per heavy atom. The topological polar surface area (TPSA) is 203 Å². The van der Waals surface area contributed by atoms with Crippen LogP contribution in [0.5, 0.6) is 5.75 Å². The summed E-state index contributed by atoms with van der Waals surface area (Å²) in [6.45, 7) is 1.33. The lowest BCUT2D eigenvalue weighted by Crippen LogP contribution is -2.33. The minimum Gasteiger partial charge on any atom is -0.497 e. The van der Waals surface area contributed by atoms with Gasteiger partial charge in [0.15, 0.2) is 0 Å². The first-order valence-electron chi connectivity index (χ1n) is 12.0. The van der Waals surface area contributed by atoms with Crippen molar-refractivity contribution in [3.8, 4) is 5.75 Å². The fourth-order valence-corrected chi connectivity index (χ4v) is 2.88. The quantitative estimate of drug-likeness (QED) is 0.129. The van der Waals surface area contributed by atoms with Gasteiger partial charge in [0.2, 0.25) is 0 Å². The molecule has 0 heterocycles. The number of aromatic carboxylic acids is 1. The van der Waals surface area contributed by atoms with Crippen LogP contribution < -0.4 is 16.2 Å². The molecule has 3 rings (SSSR count). The van der Waals surface area contributed by atoms with Gasteiger partial charge in [-0.1, -0.05) is 19.1 Å². The Hall–Kier alpha value is -4.87. The Morgan fingerprint density at radius 3 is 1.75 bits per heavy atom. The second kappa shape index (κ2) is 17.6. The number of methoxy groups -OCH3 is 1. The maximum Gasteiger partial charge on any atom is 0.338 e. The van der Waals surface area contributed by atoms with E-state index in [9.17, 15) is 19.5 Å². The summed E-state index contributed by atoms with van der Waals surface area (Å²) in [5, 5.41) is 35.0. The molecule has 0 spiro atoms. The average Bonchev–Trinajstić information content (AvgIpc) is 2.95. The van der Waals surface area contributed by atoms with Crippen LogP contribution in [-0.2, 0) is 9.53 Å². The maximum absolute atomic E-state index is 11.7. The highest BCUT2D eigenvalue weighted by atomic mass is 16.6. The number of aliphatic hydroxyl groups is 2. The summed E-state index contributed by atoms with van der Waals surface area (Å²) < 4.78 is 10.0. The molecule has 0 aliphatic carbocycles. The van der Waals surface area contributed by atoms with Crippen LogP contribution in [0.3, 0.4) is 0 Å². The summed E-state index contributed by atoms with van der Waals surface area (Å²) in [4.78, 5) is 32.1. The molecule has 0 bridgehead atoms. The maximum atomic E-state index is 11.7. The van der Waals surface area contributed by atoms with Gasteiger partial charge in [0.25, 0.3) is 0 Å². The van der Waals surface area contributed by atoms with Crippen molar-refractivity contribution in [2.45, 2.75) is 25.6 Å². The highest BCUT2D eigenvalue weighted by Gasteiger charge is 2.21. The lowest BCUT2D eigenvalue weighted by molar-refractivity contribution is -0.131. The van der Waals surface area contributed by atoms with Gasteiger partial charge >= 0.3 is 17.9 Å². The predicted molar refractivity (Wildman–Crippen MR) is 151 cm³/mol. The van der Waals surface area contributed by atoms with E-state index in [-0.39, 0.29) is 5.56 Å². The van der Waals surface area contributed by atoms with E-state index in [0.29, 0.717) is 23.4 Å². The molecular formula is C29H34N2O9. The average molecular weight is 555 g/mol. The van der Waals surface area contributed by atoms with Gasteiger partial charge in [0, 0.05) is 17.5 Å². The van der Waals surface area contributed by atoms with Crippen molar-refractivity contribution in [1.29, 1.82) is 0 Å². The molecule has 11 heteroatoms. The number of hydrogen-bond donors (Lipinski definition) is 6. The number of anilines is 2. The van der Waals surface area contributed by atoms with Crippen molar-refractivity contribution in [2.24, 2.45) is 0 Å². The third-order valence-electron chi connectivity index (χ3n) is 5.12. The summed E-state index contributed by atoms with van der Waals surface area (Å²) in [6, 6.07) is 19.5. The Bertz CT molecular complexity index is 1230. The first-order valence-corrected chi connectivity index (χ1v) is 12.0. The molecule has 0 saturated carbocycles. The number of carboxylic acid groups (broad SMARTS) is 2. The van der Waals surface area contributed by atoms with E-state index in [4.69, 9.17) is 36.3 Å². The van der Waals surface area contributed by atoms with Crippen LogP contribution in [-0.4, -0.2) is 64.3 Å². The predicted octanol–water partition coefficient (Wildman–Crippen LogP) is 3.32. The number of nitrogen functional groups attached to an aromatic ring is 2. The lowest BCUT2D eigenvalue weighted by atomic mass is 10.1. The molecule has 0 aliphatic rings. The number of esters is 1. The van der Waals surface area contributed by atoms with Crippen molar-refractivity contribution < 1.29 is 44.3 Å². The van der Waals surface area contributed by atoms with Crippen LogP contribution in [0.15, 0.2) is 78.9 Å². The molecule has 0 aromatic heterocycles. The summed E-state index contributed by atoms with van der Waals surface area (Å²) in [5.74, 6) is -1.66. The number of ether oxygens (including phenoxy) is 2. The largest absolute Gasteiger partial charge is 0.497 e. The molecule has 0 saturated heterocycles. The van der Waals surface area contributed by atoms with E-state index in [1.165, 1.54) is 18.2 Å². The van der Waals surface area contributed by atoms with Crippen LogP contribution in [0.4, 0.5) is 11.4 Å². The molecule has 40 heavy (non-hydrogen) atoms. The lowest BCUT2D eigenvalue weighted by Gasteiger charge is -2.20.